The standard InChI is InChI=1S/C26H42I2O3/c1-2-3-4-5-6-7-8-12-17-26(18-13-16-25(29)19-24(28)20-27)31-22-30-21-23-14-10-9-11-15-23/h9-11,14-15,19,25-26,29H,2-8,12-13,16-18,20-22H2,1H3/b24-19-. The van der Waals surface area contributed by atoms with Crippen LogP contribution >= 0.6 is 45.2 Å². The van der Waals surface area contributed by atoms with E-state index in [2.05, 4.69) is 64.2 Å². The summed E-state index contributed by atoms with van der Waals surface area (Å²) in [6.07, 6.45) is 16.3. The molecule has 0 saturated carbocycles. The van der Waals surface area contributed by atoms with Crippen LogP contribution in [0.4, 0.5) is 0 Å². The topological polar surface area (TPSA) is 38.7 Å². The van der Waals surface area contributed by atoms with Gasteiger partial charge in [0.2, 0.25) is 0 Å². The van der Waals surface area contributed by atoms with Crippen LogP contribution in [0.25, 0.3) is 0 Å². The van der Waals surface area contributed by atoms with Gasteiger partial charge in [-0.05, 0) is 63.5 Å². The first kappa shape index (κ1) is 29.3. The molecular formula is C26H42I2O3. The van der Waals surface area contributed by atoms with E-state index in [-0.39, 0.29) is 12.2 Å². The Balaban J connectivity index is 2.29. The Bertz CT molecular complexity index is 551. The summed E-state index contributed by atoms with van der Waals surface area (Å²) in [6, 6.07) is 10.2. The summed E-state index contributed by atoms with van der Waals surface area (Å²) < 4.78 is 14.0. The van der Waals surface area contributed by atoms with Gasteiger partial charge in [0.15, 0.2) is 0 Å². The van der Waals surface area contributed by atoms with Crippen LogP contribution in [0.2, 0.25) is 0 Å². The van der Waals surface area contributed by atoms with Crippen molar-refractivity contribution >= 4 is 45.2 Å². The molecule has 0 aliphatic carbocycles. The summed E-state index contributed by atoms with van der Waals surface area (Å²) in [7, 11) is 0. The summed E-state index contributed by atoms with van der Waals surface area (Å²) in [6.45, 7) is 3.19. The Morgan fingerprint density at radius 1 is 0.935 bits per heavy atom. The van der Waals surface area contributed by atoms with Crippen molar-refractivity contribution in [3.8, 4) is 0 Å². The summed E-state index contributed by atoms with van der Waals surface area (Å²) in [5.41, 5.74) is 1.17. The van der Waals surface area contributed by atoms with Gasteiger partial charge in [-0.15, -0.1) is 0 Å². The second kappa shape index (κ2) is 20.9. The minimum Gasteiger partial charge on any atom is -0.389 e. The molecule has 0 aliphatic rings. The minimum atomic E-state index is -0.347. The fourth-order valence-corrected chi connectivity index (χ4v) is 4.26. The number of hydrogen-bond donors (Lipinski definition) is 1. The molecule has 0 fully saturated rings. The van der Waals surface area contributed by atoms with Crippen LogP contribution in [0, 0.1) is 0 Å². The Hall–Kier alpha value is 0.300. The van der Waals surface area contributed by atoms with Crippen LogP contribution in [0.15, 0.2) is 40.0 Å². The van der Waals surface area contributed by atoms with Crippen LogP contribution in [-0.2, 0) is 16.1 Å². The van der Waals surface area contributed by atoms with Crippen molar-refractivity contribution in [1.82, 2.24) is 0 Å². The van der Waals surface area contributed by atoms with Crippen LogP contribution in [0.5, 0.6) is 0 Å². The smallest absolute Gasteiger partial charge is 0.147 e. The molecule has 1 aromatic carbocycles. The predicted molar refractivity (Wildman–Crippen MR) is 149 cm³/mol. The molecule has 1 aromatic rings. The number of halogens is 2. The number of alkyl halides is 1. The van der Waals surface area contributed by atoms with Crippen molar-refractivity contribution in [2.75, 3.05) is 11.2 Å². The molecule has 0 saturated heterocycles. The molecule has 2 unspecified atom stereocenters. The summed E-state index contributed by atoms with van der Waals surface area (Å²) in [5, 5.41) is 10.2. The van der Waals surface area contributed by atoms with Crippen LogP contribution < -0.4 is 0 Å². The summed E-state index contributed by atoms with van der Waals surface area (Å²) in [4.78, 5) is 0. The van der Waals surface area contributed by atoms with E-state index < -0.39 is 0 Å². The van der Waals surface area contributed by atoms with Crippen molar-refractivity contribution < 1.29 is 14.6 Å². The predicted octanol–water partition coefficient (Wildman–Crippen LogP) is 8.36. The zero-order valence-electron chi connectivity index (χ0n) is 19.2. The van der Waals surface area contributed by atoms with E-state index in [4.69, 9.17) is 9.47 Å². The first-order valence-corrected chi connectivity index (χ1v) is 14.6. The van der Waals surface area contributed by atoms with Crippen LogP contribution in [-0.4, -0.2) is 28.5 Å². The molecule has 2 atom stereocenters. The lowest BCUT2D eigenvalue weighted by molar-refractivity contribution is -0.101. The number of aliphatic hydroxyl groups excluding tert-OH is 1. The quantitative estimate of drug-likeness (QED) is 0.0664. The highest BCUT2D eigenvalue weighted by atomic mass is 127. The van der Waals surface area contributed by atoms with Crippen molar-refractivity contribution in [1.29, 1.82) is 0 Å². The Labute approximate surface area is 218 Å². The molecule has 0 spiro atoms. The maximum absolute atomic E-state index is 10.2. The highest BCUT2D eigenvalue weighted by Crippen LogP contribution is 2.18. The number of hydrogen-bond acceptors (Lipinski definition) is 3. The van der Waals surface area contributed by atoms with E-state index in [0.717, 1.165) is 30.1 Å². The summed E-state index contributed by atoms with van der Waals surface area (Å²) >= 11 is 4.63. The fourth-order valence-electron chi connectivity index (χ4n) is 3.59. The molecule has 0 radical (unpaired) electrons. The van der Waals surface area contributed by atoms with Gasteiger partial charge in [0.1, 0.15) is 6.79 Å². The number of ether oxygens (including phenoxy) is 2. The molecule has 0 amide bonds. The highest BCUT2D eigenvalue weighted by Gasteiger charge is 2.11. The number of unbranched alkanes of at least 4 members (excludes halogenated alkanes) is 7. The van der Waals surface area contributed by atoms with E-state index >= 15 is 0 Å². The van der Waals surface area contributed by atoms with Crippen molar-refractivity contribution in [3.05, 3.63) is 45.6 Å². The zero-order valence-corrected chi connectivity index (χ0v) is 23.6. The molecular weight excluding hydrogens is 614 g/mol. The second-order valence-electron chi connectivity index (χ2n) is 8.25. The minimum absolute atomic E-state index is 0.218. The van der Waals surface area contributed by atoms with E-state index in [0.29, 0.717) is 13.4 Å². The van der Waals surface area contributed by atoms with E-state index in [9.17, 15) is 5.11 Å². The number of rotatable bonds is 20. The lowest BCUT2D eigenvalue weighted by Crippen LogP contribution is -2.16. The third-order valence-electron chi connectivity index (χ3n) is 5.41. The SMILES string of the molecule is CCCCCCCCCCC(CCCC(O)/C=C(\I)CI)OCOCc1ccccc1. The van der Waals surface area contributed by atoms with Crippen molar-refractivity contribution in [2.45, 2.75) is 103 Å². The van der Waals surface area contributed by atoms with E-state index in [1.165, 1.54) is 60.5 Å². The van der Waals surface area contributed by atoms with E-state index in [1.807, 2.05) is 24.3 Å². The normalized spacial score (nSPS) is 14.0. The second-order valence-corrected chi connectivity index (χ2v) is 10.4. The molecule has 0 aromatic heterocycles. The fraction of sp³-hybridized carbons (Fsp3) is 0.692. The first-order chi connectivity index (χ1) is 15.2. The van der Waals surface area contributed by atoms with Crippen LogP contribution in [0.3, 0.4) is 0 Å². The zero-order chi connectivity index (χ0) is 22.6. The van der Waals surface area contributed by atoms with Gasteiger partial charge in [-0.25, -0.2) is 0 Å². The van der Waals surface area contributed by atoms with E-state index in [1.54, 1.807) is 0 Å². The first-order valence-electron chi connectivity index (χ1n) is 12.0. The summed E-state index contributed by atoms with van der Waals surface area (Å²) in [5.74, 6) is 0. The monoisotopic (exact) mass is 656 g/mol. The van der Waals surface area contributed by atoms with Crippen molar-refractivity contribution in [2.24, 2.45) is 0 Å². The van der Waals surface area contributed by atoms with Gasteiger partial charge in [0.25, 0.3) is 0 Å². The maximum atomic E-state index is 10.2. The molecule has 178 valence electrons. The Morgan fingerprint density at radius 2 is 1.58 bits per heavy atom. The molecule has 3 nitrogen and oxygen atoms in total. The maximum Gasteiger partial charge on any atom is 0.147 e. The van der Waals surface area contributed by atoms with Crippen molar-refractivity contribution in [3.63, 3.8) is 0 Å². The number of allylic oxidation sites excluding steroid dienone is 1. The highest BCUT2D eigenvalue weighted by molar-refractivity contribution is 14.1. The van der Waals surface area contributed by atoms with Crippen LogP contribution in [0.1, 0.15) is 89.5 Å². The molecule has 0 aliphatic heterocycles. The van der Waals surface area contributed by atoms with Gasteiger partial charge >= 0.3 is 0 Å². The molecule has 5 heteroatoms. The lowest BCUT2D eigenvalue weighted by Gasteiger charge is -2.19. The molecule has 0 bridgehead atoms. The average molecular weight is 656 g/mol. The third-order valence-corrected chi connectivity index (χ3v) is 8.43. The molecule has 31 heavy (non-hydrogen) atoms. The number of benzene rings is 1. The largest absolute Gasteiger partial charge is 0.389 e. The number of aliphatic hydroxyl groups is 1. The molecule has 1 rings (SSSR count). The molecule has 0 heterocycles. The van der Waals surface area contributed by atoms with Gasteiger partial charge in [0, 0.05) is 4.43 Å². The average Bonchev–Trinajstić information content (AvgIpc) is 2.78. The van der Waals surface area contributed by atoms with Gasteiger partial charge in [-0.2, -0.15) is 0 Å². The Morgan fingerprint density at radius 3 is 2.26 bits per heavy atom. The Kier molecular flexibility index (Phi) is 19.8. The van der Waals surface area contributed by atoms with Gasteiger partial charge in [-0.3, -0.25) is 0 Å². The lowest BCUT2D eigenvalue weighted by atomic mass is 10.0. The van der Waals surface area contributed by atoms with Gasteiger partial charge in [0.05, 0.1) is 18.8 Å². The third kappa shape index (κ3) is 17.4. The van der Waals surface area contributed by atoms with Gasteiger partial charge < -0.3 is 14.6 Å². The molecule has 1 N–H and O–H groups in total. The van der Waals surface area contributed by atoms with Gasteiger partial charge in [-0.1, -0.05) is 111 Å².